The average Bonchev–Trinajstić information content (AvgIpc) is 3.24. The fourth-order valence-corrected chi connectivity index (χ4v) is 3.32. The number of methoxy groups -OCH3 is 1. The van der Waals surface area contributed by atoms with Gasteiger partial charge in [0, 0.05) is 17.7 Å². The van der Waals surface area contributed by atoms with Crippen molar-refractivity contribution in [1.82, 2.24) is 5.32 Å². The third-order valence-electron chi connectivity index (χ3n) is 4.94. The molecule has 162 valence electrons. The van der Waals surface area contributed by atoms with Gasteiger partial charge in [-0.15, -0.1) is 0 Å². The molecule has 0 saturated heterocycles. The Labute approximate surface area is 179 Å². The summed E-state index contributed by atoms with van der Waals surface area (Å²) in [5, 5.41) is 4.54. The fourth-order valence-electron chi connectivity index (χ4n) is 3.32. The Morgan fingerprint density at radius 1 is 0.935 bits per heavy atom. The van der Waals surface area contributed by atoms with Crippen LogP contribution in [-0.4, -0.2) is 37.4 Å². The highest BCUT2D eigenvalue weighted by Crippen LogP contribution is 2.23. The van der Waals surface area contributed by atoms with Crippen LogP contribution in [0.25, 0.3) is 0 Å². The van der Waals surface area contributed by atoms with E-state index < -0.39 is 24.5 Å². The number of hydrogen-bond acceptors (Lipinski definition) is 6. The van der Waals surface area contributed by atoms with Crippen LogP contribution in [0.1, 0.15) is 40.7 Å². The fraction of sp³-hybridized carbons (Fsp3) is 0.304. The number of aryl methyl sites for hydroxylation is 2. The molecule has 0 aromatic heterocycles. The van der Waals surface area contributed by atoms with Crippen molar-refractivity contribution >= 4 is 29.4 Å². The van der Waals surface area contributed by atoms with Gasteiger partial charge in [0.15, 0.2) is 12.4 Å². The number of imide groups is 1. The number of ketones is 1. The SMILES string of the molecule is COc1ccc(NC(=O)NC(=O)COC(=O)CCC(=O)c2ccc3c(c2)CCC3)cc1. The topological polar surface area (TPSA) is 111 Å². The van der Waals surface area contributed by atoms with Crippen molar-refractivity contribution in [1.29, 1.82) is 0 Å². The molecule has 2 aromatic rings. The zero-order valence-electron chi connectivity index (χ0n) is 17.2. The number of hydrogen-bond donors (Lipinski definition) is 2. The Morgan fingerprint density at radius 2 is 1.68 bits per heavy atom. The number of Topliss-reactive ketones (excluding diaryl/α,β-unsaturated/α-hetero) is 1. The summed E-state index contributed by atoms with van der Waals surface area (Å²) in [6.07, 6.45) is 2.97. The molecular formula is C23H24N2O6. The number of amides is 3. The third-order valence-corrected chi connectivity index (χ3v) is 4.94. The van der Waals surface area contributed by atoms with Gasteiger partial charge >= 0.3 is 12.0 Å². The summed E-state index contributed by atoms with van der Waals surface area (Å²) >= 11 is 0. The molecule has 2 aromatic carbocycles. The Kier molecular flexibility index (Phi) is 7.37. The van der Waals surface area contributed by atoms with Crippen LogP contribution < -0.4 is 15.4 Å². The molecule has 1 aliphatic rings. The first-order chi connectivity index (χ1) is 14.9. The lowest BCUT2D eigenvalue weighted by Crippen LogP contribution is -2.37. The van der Waals surface area contributed by atoms with Crippen molar-refractivity contribution in [3.8, 4) is 5.75 Å². The number of ether oxygens (including phenoxy) is 2. The number of nitrogens with one attached hydrogen (secondary N) is 2. The van der Waals surface area contributed by atoms with Crippen LogP contribution in [0.15, 0.2) is 42.5 Å². The van der Waals surface area contributed by atoms with Crippen molar-refractivity contribution in [3.63, 3.8) is 0 Å². The molecule has 8 heteroatoms. The summed E-state index contributed by atoms with van der Waals surface area (Å²) in [5.74, 6) is -0.969. The molecule has 0 fully saturated rings. The number of esters is 1. The largest absolute Gasteiger partial charge is 0.497 e. The van der Waals surface area contributed by atoms with Crippen LogP contribution in [0.2, 0.25) is 0 Å². The number of carbonyl (C=O) groups excluding carboxylic acids is 4. The molecule has 0 saturated carbocycles. The predicted octanol–water partition coefficient (Wildman–Crippen LogP) is 3.04. The minimum Gasteiger partial charge on any atom is -0.497 e. The van der Waals surface area contributed by atoms with Crippen molar-refractivity contribution in [2.75, 3.05) is 19.0 Å². The maximum atomic E-state index is 12.3. The first-order valence-electron chi connectivity index (χ1n) is 10.00. The maximum absolute atomic E-state index is 12.3. The van der Waals surface area contributed by atoms with E-state index in [9.17, 15) is 19.2 Å². The maximum Gasteiger partial charge on any atom is 0.325 e. The summed E-state index contributed by atoms with van der Waals surface area (Å²) in [5.41, 5.74) is 3.52. The van der Waals surface area contributed by atoms with Crippen LogP contribution in [0.5, 0.6) is 5.75 Å². The molecule has 3 rings (SSSR count). The molecule has 8 nitrogen and oxygen atoms in total. The number of fused-ring (bicyclic) bond motifs is 1. The van der Waals surface area contributed by atoms with Gasteiger partial charge in [-0.2, -0.15) is 0 Å². The highest BCUT2D eigenvalue weighted by molar-refractivity contribution is 6.02. The van der Waals surface area contributed by atoms with Crippen molar-refractivity contribution < 1.29 is 28.7 Å². The summed E-state index contributed by atoms with van der Waals surface area (Å²) < 4.78 is 9.86. The minimum absolute atomic E-state index is 0.00278. The van der Waals surface area contributed by atoms with Gasteiger partial charge in [0.1, 0.15) is 5.75 Å². The molecule has 0 unspecified atom stereocenters. The summed E-state index contributed by atoms with van der Waals surface area (Å²) in [6.45, 7) is -0.609. The molecule has 1 aliphatic carbocycles. The summed E-state index contributed by atoms with van der Waals surface area (Å²) in [7, 11) is 1.53. The van der Waals surface area contributed by atoms with E-state index >= 15 is 0 Å². The first-order valence-corrected chi connectivity index (χ1v) is 10.00. The second-order valence-corrected chi connectivity index (χ2v) is 7.15. The van der Waals surface area contributed by atoms with Crippen LogP contribution in [0, 0.1) is 0 Å². The van der Waals surface area contributed by atoms with Gasteiger partial charge in [-0.05, 0) is 60.7 Å². The normalized spacial score (nSPS) is 11.9. The highest BCUT2D eigenvalue weighted by atomic mass is 16.5. The lowest BCUT2D eigenvalue weighted by Gasteiger charge is -2.08. The van der Waals surface area contributed by atoms with Gasteiger partial charge in [0.2, 0.25) is 0 Å². The van der Waals surface area contributed by atoms with Gasteiger partial charge < -0.3 is 14.8 Å². The van der Waals surface area contributed by atoms with Crippen molar-refractivity contribution in [2.24, 2.45) is 0 Å². The molecule has 2 N–H and O–H groups in total. The molecule has 31 heavy (non-hydrogen) atoms. The second-order valence-electron chi connectivity index (χ2n) is 7.15. The number of anilines is 1. The zero-order valence-corrected chi connectivity index (χ0v) is 17.2. The molecule has 0 spiro atoms. The van der Waals surface area contributed by atoms with Crippen LogP contribution in [0.3, 0.4) is 0 Å². The van der Waals surface area contributed by atoms with E-state index in [2.05, 4.69) is 10.6 Å². The lowest BCUT2D eigenvalue weighted by molar-refractivity contribution is -0.148. The van der Waals surface area contributed by atoms with E-state index in [0.29, 0.717) is 17.0 Å². The number of urea groups is 1. The first kappa shape index (κ1) is 22.0. The standard InChI is InChI=1S/C23H24N2O6/c1-30-19-9-7-18(8-10-19)24-23(29)25-21(27)14-31-22(28)12-11-20(26)17-6-5-15-3-2-4-16(15)13-17/h5-10,13H,2-4,11-12,14H2,1H3,(H2,24,25,27,29). The van der Waals surface area contributed by atoms with Gasteiger partial charge in [0.05, 0.1) is 13.5 Å². The van der Waals surface area contributed by atoms with Crippen LogP contribution in [-0.2, 0) is 27.2 Å². The molecule has 0 heterocycles. The summed E-state index contributed by atoms with van der Waals surface area (Å²) in [4.78, 5) is 47.7. The van der Waals surface area contributed by atoms with Crippen molar-refractivity contribution in [2.45, 2.75) is 32.1 Å². The predicted molar refractivity (Wildman–Crippen MR) is 113 cm³/mol. The second kappa shape index (κ2) is 10.4. The van der Waals surface area contributed by atoms with E-state index in [-0.39, 0.29) is 18.6 Å². The molecule has 0 atom stereocenters. The van der Waals surface area contributed by atoms with E-state index in [0.717, 1.165) is 19.3 Å². The lowest BCUT2D eigenvalue weighted by atomic mass is 10.0. The molecule has 0 aliphatic heterocycles. The monoisotopic (exact) mass is 424 g/mol. The smallest absolute Gasteiger partial charge is 0.325 e. The van der Waals surface area contributed by atoms with Gasteiger partial charge in [-0.25, -0.2) is 4.79 Å². The van der Waals surface area contributed by atoms with Crippen LogP contribution >= 0.6 is 0 Å². The Balaban J connectivity index is 1.36. The molecule has 0 radical (unpaired) electrons. The molecule has 3 amide bonds. The zero-order chi connectivity index (χ0) is 22.2. The van der Waals surface area contributed by atoms with Crippen molar-refractivity contribution in [3.05, 3.63) is 59.2 Å². The van der Waals surface area contributed by atoms with Gasteiger partial charge in [-0.3, -0.25) is 19.7 Å². The number of carbonyl (C=O) groups is 4. The third kappa shape index (κ3) is 6.40. The summed E-state index contributed by atoms with van der Waals surface area (Å²) in [6, 6.07) is 11.4. The Hall–Kier alpha value is -3.68. The van der Waals surface area contributed by atoms with E-state index in [1.807, 2.05) is 12.1 Å². The Morgan fingerprint density at radius 3 is 2.42 bits per heavy atom. The molecule has 0 bridgehead atoms. The van der Waals surface area contributed by atoms with E-state index in [1.165, 1.54) is 18.2 Å². The average molecular weight is 424 g/mol. The number of rotatable bonds is 8. The van der Waals surface area contributed by atoms with Gasteiger partial charge in [0.25, 0.3) is 5.91 Å². The quantitative estimate of drug-likeness (QED) is 0.498. The Bertz CT molecular complexity index is 984. The van der Waals surface area contributed by atoms with E-state index in [1.54, 1.807) is 30.3 Å². The van der Waals surface area contributed by atoms with Crippen LogP contribution in [0.4, 0.5) is 10.5 Å². The number of benzene rings is 2. The van der Waals surface area contributed by atoms with E-state index in [4.69, 9.17) is 9.47 Å². The highest BCUT2D eigenvalue weighted by Gasteiger charge is 2.16. The molecular weight excluding hydrogens is 400 g/mol. The van der Waals surface area contributed by atoms with Gasteiger partial charge in [-0.1, -0.05) is 12.1 Å². The minimum atomic E-state index is -0.774.